The summed E-state index contributed by atoms with van der Waals surface area (Å²) in [5, 5.41) is 2.53. The topological polar surface area (TPSA) is 42.0 Å². The fourth-order valence-electron chi connectivity index (χ4n) is 0.823. The van der Waals surface area contributed by atoms with Gasteiger partial charge in [0.1, 0.15) is 7.85 Å². The number of nitrogens with one attached hydrogen (secondary N) is 1. The van der Waals surface area contributed by atoms with E-state index in [1.807, 2.05) is 7.85 Å². The van der Waals surface area contributed by atoms with Crippen LogP contribution in [0.15, 0.2) is 18.5 Å². The molecule has 4 heteroatoms. The molecule has 1 aromatic rings. The van der Waals surface area contributed by atoms with Gasteiger partial charge in [0.15, 0.2) is 0 Å². The van der Waals surface area contributed by atoms with E-state index in [1.165, 1.54) is 0 Å². The van der Waals surface area contributed by atoms with E-state index < -0.39 is 0 Å². The number of pyridine rings is 1. The van der Waals surface area contributed by atoms with E-state index in [9.17, 15) is 4.79 Å². The second kappa shape index (κ2) is 3.19. The molecule has 0 aliphatic heterocycles. The van der Waals surface area contributed by atoms with Gasteiger partial charge in [0, 0.05) is 19.4 Å². The molecule has 11 heavy (non-hydrogen) atoms. The SMILES string of the molecule is Bc1cncc(C(=O)NC)c1. The van der Waals surface area contributed by atoms with Crippen LogP contribution in [0.4, 0.5) is 0 Å². The van der Waals surface area contributed by atoms with Gasteiger partial charge >= 0.3 is 0 Å². The summed E-state index contributed by atoms with van der Waals surface area (Å²) in [6.07, 6.45) is 3.26. The zero-order valence-corrected chi connectivity index (χ0v) is 6.59. The average Bonchev–Trinajstić information content (AvgIpc) is 2.03. The first-order valence-corrected chi connectivity index (χ1v) is 3.38. The lowest BCUT2D eigenvalue weighted by Gasteiger charge is -1.98. The Labute approximate surface area is 66.2 Å². The molecule has 3 nitrogen and oxygen atoms in total. The maximum atomic E-state index is 11.0. The maximum absolute atomic E-state index is 11.0. The summed E-state index contributed by atoms with van der Waals surface area (Å²) in [5.74, 6) is -0.0961. The fourth-order valence-corrected chi connectivity index (χ4v) is 0.823. The summed E-state index contributed by atoms with van der Waals surface area (Å²) in [6, 6.07) is 1.80. The van der Waals surface area contributed by atoms with E-state index in [4.69, 9.17) is 0 Å². The molecular weight excluding hydrogens is 139 g/mol. The molecule has 1 rings (SSSR count). The van der Waals surface area contributed by atoms with E-state index in [2.05, 4.69) is 10.3 Å². The highest BCUT2D eigenvalue weighted by atomic mass is 16.1. The van der Waals surface area contributed by atoms with Crippen LogP contribution in [0.5, 0.6) is 0 Å². The van der Waals surface area contributed by atoms with Crippen molar-refractivity contribution in [2.24, 2.45) is 0 Å². The van der Waals surface area contributed by atoms with Crippen LogP contribution in [0.1, 0.15) is 10.4 Å². The Bertz CT molecular complexity index is 275. The molecule has 0 saturated heterocycles. The van der Waals surface area contributed by atoms with Gasteiger partial charge in [-0.3, -0.25) is 9.78 Å². The van der Waals surface area contributed by atoms with Crippen molar-refractivity contribution in [3.63, 3.8) is 0 Å². The fraction of sp³-hybridized carbons (Fsp3) is 0.143. The number of hydrogen-bond acceptors (Lipinski definition) is 2. The molecule has 56 valence electrons. The number of carbonyl (C=O) groups excluding carboxylic acids is 1. The van der Waals surface area contributed by atoms with Gasteiger partial charge in [-0.25, -0.2) is 0 Å². The molecule has 0 radical (unpaired) electrons. The molecule has 0 atom stereocenters. The van der Waals surface area contributed by atoms with Gasteiger partial charge in [0.25, 0.3) is 5.91 Å². The second-order valence-electron chi connectivity index (χ2n) is 2.33. The molecule has 1 heterocycles. The van der Waals surface area contributed by atoms with Crippen molar-refractivity contribution in [1.29, 1.82) is 0 Å². The normalized spacial score (nSPS) is 9.18. The van der Waals surface area contributed by atoms with Crippen molar-refractivity contribution in [1.82, 2.24) is 10.3 Å². The van der Waals surface area contributed by atoms with Gasteiger partial charge in [0.05, 0.1) is 5.56 Å². The zero-order chi connectivity index (χ0) is 8.27. The summed E-state index contributed by atoms with van der Waals surface area (Å²) < 4.78 is 0. The molecule has 1 N–H and O–H groups in total. The lowest BCUT2D eigenvalue weighted by atomic mass is 9.97. The Hall–Kier alpha value is -1.32. The third kappa shape index (κ3) is 1.80. The molecule has 0 fully saturated rings. The first-order chi connectivity index (χ1) is 5.24. The maximum Gasteiger partial charge on any atom is 0.252 e. The molecular formula is C7H9BN2O. The predicted molar refractivity (Wildman–Crippen MR) is 45.8 cm³/mol. The number of amides is 1. The van der Waals surface area contributed by atoms with E-state index >= 15 is 0 Å². The zero-order valence-electron chi connectivity index (χ0n) is 6.59. The highest BCUT2D eigenvalue weighted by Gasteiger charge is 2.01. The number of nitrogens with zero attached hydrogens (tertiary/aromatic N) is 1. The van der Waals surface area contributed by atoms with Crippen molar-refractivity contribution < 1.29 is 4.79 Å². The molecule has 0 unspecified atom stereocenters. The largest absolute Gasteiger partial charge is 0.355 e. The number of carbonyl (C=O) groups is 1. The van der Waals surface area contributed by atoms with Crippen molar-refractivity contribution in [2.45, 2.75) is 0 Å². The Morgan fingerprint density at radius 3 is 2.91 bits per heavy atom. The minimum Gasteiger partial charge on any atom is -0.355 e. The molecule has 0 saturated carbocycles. The molecule has 0 spiro atoms. The van der Waals surface area contributed by atoms with Gasteiger partial charge in [-0.05, 0) is 0 Å². The van der Waals surface area contributed by atoms with Gasteiger partial charge in [-0.2, -0.15) is 0 Å². The van der Waals surface area contributed by atoms with Crippen LogP contribution in [0, 0.1) is 0 Å². The Morgan fingerprint density at radius 2 is 2.36 bits per heavy atom. The van der Waals surface area contributed by atoms with Crippen LogP contribution in [-0.2, 0) is 0 Å². The average molecular weight is 148 g/mol. The van der Waals surface area contributed by atoms with Gasteiger partial charge in [-0.15, -0.1) is 0 Å². The molecule has 1 amide bonds. The van der Waals surface area contributed by atoms with Crippen molar-refractivity contribution in [2.75, 3.05) is 7.05 Å². The van der Waals surface area contributed by atoms with E-state index in [-0.39, 0.29) is 5.91 Å². The van der Waals surface area contributed by atoms with Crippen LogP contribution in [-0.4, -0.2) is 25.8 Å². The van der Waals surface area contributed by atoms with E-state index in [0.29, 0.717) is 5.56 Å². The van der Waals surface area contributed by atoms with Crippen LogP contribution in [0.2, 0.25) is 0 Å². The first kappa shape index (κ1) is 7.79. The first-order valence-electron chi connectivity index (χ1n) is 3.38. The monoisotopic (exact) mass is 148 g/mol. The predicted octanol–water partition coefficient (Wildman–Crippen LogP) is -1.30. The summed E-state index contributed by atoms with van der Waals surface area (Å²) in [5.41, 5.74) is 1.60. The standard InChI is InChI=1S/C7H9BN2O/c1-9-7(11)5-2-6(8)4-10-3-5/h2-4H,8H2,1H3,(H,9,11). The highest BCUT2D eigenvalue weighted by Crippen LogP contribution is 1.91. The number of hydrogen-bond donors (Lipinski definition) is 1. The van der Waals surface area contributed by atoms with Crippen molar-refractivity contribution >= 4 is 19.2 Å². The van der Waals surface area contributed by atoms with Gasteiger partial charge in [-0.1, -0.05) is 11.5 Å². The number of rotatable bonds is 1. The summed E-state index contributed by atoms with van der Waals surface area (Å²) in [4.78, 5) is 14.9. The van der Waals surface area contributed by atoms with Crippen molar-refractivity contribution in [3.05, 3.63) is 24.0 Å². The molecule has 0 bridgehead atoms. The Kier molecular flexibility index (Phi) is 2.26. The Morgan fingerprint density at radius 1 is 1.64 bits per heavy atom. The lowest BCUT2D eigenvalue weighted by molar-refractivity contribution is 0.0963. The van der Waals surface area contributed by atoms with Crippen LogP contribution >= 0.6 is 0 Å². The molecule has 0 aliphatic rings. The summed E-state index contributed by atoms with van der Waals surface area (Å²) in [7, 11) is 3.50. The van der Waals surface area contributed by atoms with Gasteiger partial charge < -0.3 is 5.32 Å². The quantitative estimate of drug-likeness (QED) is 0.503. The van der Waals surface area contributed by atoms with Crippen LogP contribution in [0.3, 0.4) is 0 Å². The van der Waals surface area contributed by atoms with Crippen LogP contribution in [0.25, 0.3) is 0 Å². The molecule has 0 aromatic carbocycles. The smallest absolute Gasteiger partial charge is 0.252 e. The second-order valence-corrected chi connectivity index (χ2v) is 2.33. The van der Waals surface area contributed by atoms with Crippen LogP contribution < -0.4 is 10.8 Å². The minimum absolute atomic E-state index is 0.0961. The minimum atomic E-state index is -0.0961. The Balaban J connectivity index is 2.96. The lowest BCUT2D eigenvalue weighted by Crippen LogP contribution is -2.20. The third-order valence-corrected chi connectivity index (χ3v) is 1.36. The summed E-state index contributed by atoms with van der Waals surface area (Å²) in [6.45, 7) is 0. The summed E-state index contributed by atoms with van der Waals surface area (Å²) >= 11 is 0. The van der Waals surface area contributed by atoms with Crippen molar-refractivity contribution in [3.8, 4) is 0 Å². The molecule has 0 aliphatic carbocycles. The molecule has 1 aromatic heterocycles. The van der Waals surface area contributed by atoms with E-state index in [1.54, 1.807) is 25.5 Å². The third-order valence-electron chi connectivity index (χ3n) is 1.36. The highest BCUT2D eigenvalue weighted by molar-refractivity contribution is 6.32. The van der Waals surface area contributed by atoms with E-state index in [0.717, 1.165) is 5.46 Å². The van der Waals surface area contributed by atoms with Gasteiger partial charge in [0.2, 0.25) is 0 Å². The number of aromatic nitrogens is 1.